The first-order valence-electron chi connectivity index (χ1n) is 22.9. The molecule has 1 aromatic heterocycles. The average molecular weight is 821 g/mol. The number of nitrogens with zero attached hydrogens (tertiary/aromatic N) is 2. The van der Waals surface area contributed by atoms with E-state index in [9.17, 15) is 0 Å². The lowest BCUT2D eigenvalue weighted by molar-refractivity contribution is 0.567. The summed E-state index contributed by atoms with van der Waals surface area (Å²) < 4.78 is 0. The number of fused-ring (bicyclic) bond motifs is 5. The molecule has 64 heavy (non-hydrogen) atoms. The molecule has 12 rings (SSSR count). The highest BCUT2D eigenvalue weighted by Crippen LogP contribution is 2.67. The lowest BCUT2D eigenvalue weighted by Crippen LogP contribution is -2.45. The van der Waals surface area contributed by atoms with E-state index < -0.39 is 10.8 Å². The second-order valence-corrected chi connectivity index (χ2v) is 18.1. The number of allylic oxidation sites excluding steroid dienone is 8. The van der Waals surface area contributed by atoms with Gasteiger partial charge in [0, 0.05) is 11.1 Å². The summed E-state index contributed by atoms with van der Waals surface area (Å²) in [5, 5.41) is 0. The maximum atomic E-state index is 5.39. The minimum Gasteiger partial charge on any atom is -0.228 e. The van der Waals surface area contributed by atoms with Crippen LogP contribution in [0.1, 0.15) is 65.9 Å². The van der Waals surface area contributed by atoms with E-state index >= 15 is 0 Å². The second kappa shape index (κ2) is 15.1. The highest BCUT2D eigenvalue weighted by atomic mass is 14.9. The largest absolute Gasteiger partial charge is 0.228 e. The van der Waals surface area contributed by atoms with Gasteiger partial charge in [0.15, 0.2) is 5.82 Å². The first-order chi connectivity index (χ1) is 31.5. The molecule has 8 aromatic rings. The third-order valence-corrected chi connectivity index (χ3v) is 14.5. The SMILES string of the molecule is CC1C=CC(C23c4ccccc4-c4cccc(c42)C(C2=CC=C(c4nc(-c5ccccc5)cc(-c5ccc(-c6ccccc6)cc5)n4)C(C)C2)(c2ccccc2)c2ccccc23)=CC1. The van der Waals surface area contributed by atoms with Gasteiger partial charge in [0.2, 0.25) is 0 Å². The number of rotatable bonds is 7. The Morgan fingerprint density at radius 1 is 0.484 bits per heavy atom. The van der Waals surface area contributed by atoms with E-state index in [4.69, 9.17) is 9.97 Å². The predicted molar refractivity (Wildman–Crippen MR) is 264 cm³/mol. The van der Waals surface area contributed by atoms with Gasteiger partial charge in [0.05, 0.1) is 22.2 Å². The summed E-state index contributed by atoms with van der Waals surface area (Å²) in [4.78, 5) is 10.7. The highest BCUT2D eigenvalue weighted by Gasteiger charge is 2.58. The summed E-state index contributed by atoms with van der Waals surface area (Å²) >= 11 is 0. The van der Waals surface area contributed by atoms with Crippen LogP contribution in [-0.4, -0.2) is 9.97 Å². The zero-order valence-electron chi connectivity index (χ0n) is 36.2. The van der Waals surface area contributed by atoms with E-state index in [-0.39, 0.29) is 5.92 Å². The molecule has 0 aliphatic heterocycles. The van der Waals surface area contributed by atoms with Crippen molar-refractivity contribution in [1.29, 1.82) is 0 Å². The summed E-state index contributed by atoms with van der Waals surface area (Å²) in [5.74, 6) is 1.43. The summed E-state index contributed by atoms with van der Waals surface area (Å²) in [5.41, 5.74) is 20.2. The molecule has 306 valence electrons. The van der Waals surface area contributed by atoms with Gasteiger partial charge in [0.1, 0.15) is 0 Å². The van der Waals surface area contributed by atoms with Crippen LogP contribution < -0.4 is 0 Å². The van der Waals surface area contributed by atoms with Crippen LogP contribution in [-0.2, 0) is 10.8 Å². The summed E-state index contributed by atoms with van der Waals surface area (Å²) in [7, 11) is 0. The van der Waals surface area contributed by atoms with E-state index in [1.807, 2.05) is 0 Å². The maximum absolute atomic E-state index is 5.39. The molecule has 4 atom stereocenters. The van der Waals surface area contributed by atoms with Gasteiger partial charge in [-0.2, -0.15) is 0 Å². The highest BCUT2D eigenvalue weighted by molar-refractivity contribution is 5.92. The normalized spacial score (nSPS) is 21.5. The van der Waals surface area contributed by atoms with Crippen LogP contribution in [0.25, 0.3) is 50.3 Å². The Balaban J connectivity index is 1.07. The van der Waals surface area contributed by atoms with Crippen LogP contribution in [0.5, 0.6) is 0 Å². The van der Waals surface area contributed by atoms with Gasteiger partial charge in [-0.15, -0.1) is 0 Å². The number of aromatic nitrogens is 2. The molecule has 4 aliphatic rings. The number of benzene rings is 7. The Morgan fingerprint density at radius 2 is 1.03 bits per heavy atom. The molecular weight excluding hydrogens is 773 g/mol. The van der Waals surface area contributed by atoms with Crippen molar-refractivity contribution in [1.82, 2.24) is 9.97 Å². The van der Waals surface area contributed by atoms with Crippen molar-refractivity contribution in [2.24, 2.45) is 11.8 Å². The lowest BCUT2D eigenvalue weighted by atomic mass is 9.50. The Morgan fingerprint density at radius 3 is 1.70 bits per heavy atom. The fraction of sp³-hybridized carbons (Fsp3) is 0.129. The molecule has 7 aromatic carbocycles. The van der Waals surface area contributed by atoms with Gasteiger partial charge in [-0.3, -0.25) is 0 Å². The van der Waals surface area contributed by atoms with Crippen LogP contribution in [0.15, 0.2) is 230 Å². The molecule has 0 radical (unpaired) electrons. The van der Waals surface area contributed by atoms with E-state index in [0.29, 0.717) is 5.92 Å². The smallest absolute Gasteiger partial charge is 0.156 e. The van der Waals surface area contributed by atoms with Crippen LogP contribution in [0.3, 0.4) is 0 Å². The lowest BCUT2D eigenvalue weighted by Gasteiger charge is -2.51. The van der Waals surface area contributed by atoms with Crippen molar-refractivity contribution >= 4 is 5.57 Å². The van der Waals surface area contributed by atoms with Crippen LogP contribution in [0.4, 0.5) is 0 Å². The molecule has 1 heterocycles. The standard InChI is InChI=1S/C62H48N2/c1-41-29-35-48(36-30-41)62-53-25-13-12-23-51(53)52-24-16-28-56(59(52)62)61(47-21-10-5-11-22-47,54-26-14-15-27-55(54)62)49-37-38-50(42(2)39-49)60-63-57(45-19-8-4-9-20-45)40-58(64-60)46-33-31-44(32-34-46)43-17-6-3-7-18-43/h3-29,31-38,40-42H,30,39H2,1-2H3. The van der Waals surface area contributed by atoms with Gasteiger partial charge in [-0.25, -0.2) is 9.97 Å². The van der Waals surface area contributed by atoms with Crippen LogP contribution in [0.2, 0.25) is 0 Å². The fourth-order valence-electron chi connectivity index (χ4n) is 11.6. The number of hydrogen-bond donors (Lipinski definition) is 0. The third-order valence-electron chi connectivity index (χ3n) is 14.5. The molecule has 0 bridgehead atoms. The first-order valence-corrected chi connectivity index (χ1v) is 22.9. The summed E-state index contributed by atoms with van der Waals surface area (Å²) in [6.45, 7) is 4.69. The van der Waals surface area contributed by atoms with Crippen molar-refractivity contribution in [3.63, 3.8) is 0 Å². The number of hydrogen-bond acceptors (Lipinski definition) is 2. The molecule has 4 unspecified atom stereocenters. The van der Waals surface area contributed by atoms with Gasteiger partial charge >= 0.3 is 0 Å². The topological polar surface area (TPSA) is 25.8 Å². The van der Waals surface area contributed by atoms with E-state index in [0.717, 1.165) is 46.8 Å². The molecular formula is C62H48N2. The summed E-state index contributed by atoms with van der Waals surface area (Å²) in [6.07, 6.45) is 14.1. The summed E-state index contributed by atoms with van der Waals surface area (Å²) in [6, 6.07) is 69.0. The van der Waals surface area contributed by atoms with E-state index in [1.54, 1.807) is 0 Å². The van der Waals surface area contributed by atoms with Gasteiger partial charge in [-0.05, 0) is 97.5 Å². The van der Waals surface area contributed by atoms with Crippen LogP contribution >= 0.6 is 0 Å². The maximum Gasteiger partial charge on any atom is 0.156 e. The minimum absolute atomic E-state index is 0.137. The molecule has 0 spiro atoms. The van der Waals surface area contributed by atoms with Crippen molar-refractivity contribution in [3.05, 3.63) is 269 Å². The molecule has 4 aliphatic carbocycles. The molecule has 0 saturated carbocycles. The Hall–Kier alpha value is -7.42. The zero-order valence-corrected chi connectivity index (χ0v) is 36.2. The van der Waals surface area contributed by atoms with Crippen molar-refractivity contribution < 1.29 is 0 Å². The molecule has 0 N–H and O–H groups in total. The molecule has 0 saturated heterocycles. The van der Waals surface area contributed by atoms with Crippen molar-refractivity contribution in [3.8, 4) is 44.8 Å². The van der Waals surface area contributed by atoms with E-state index in [1.165, 1.54) is 66.8 Å². The van der Waals surface area contributed by atoms with Gasteiger partial charge in [0.25, 0.3) is 0 Å². The molecule has 0 fully saturated rings. The molecule has 0 amide bonds. The average Bonchev–Trinajstić information content (AvgIpc) is 3.67. The molecule has 2 nitrogen and oxygen atoms in total. The van der Waals surface area contributed by atoms with E-state index in [2.05, 4.69) is 232 Å². The monoisotopic (exact) mass is 820 g/mol. The quantitative estimate of drug-likeness (QED) is 0.160. The predicted octanol–water partition coefficient (Wildman–Crippen LogP) is 15.0. The van der Waals surface area contributed by atoms with Gasteiger partial charge in [-0.1, -0.05) is 232 Å². The Bertz CT molecular complexity index is 3230. The van der Waals surface area contributed by atoms with Crippen LogP contribution in [0, 0.1) is 11.8 Å². The minimum atomic E-state index is -0.546. The van der Waals surface area contributed by atoms with Crippen molar-refractivity contribution in [2.45, 2.75) is 37.5 Å². The van der Waals surface area contributed by atoms with Crippen molar-refractivity contribution in [2.75, 3.05) is 0 Å². The zero-order chi connectivity index (χ0) is 42.8. The van der Waals surface area contributed by atoms with Gasteiger partial charge < -0.3 is 0 Å². The first kappa shape index (κ1) is 38.3. The fourth-order valence-corrected chi connectivity index (χ4v) is 11.6. The second-order valence-electron chi connectivity index (χ2n) is 18.1. The third kappa shape index (κ3) is 5.72. The molecule has 2 heteroatoms. The Kier molecular flexibility index (Phi) is 9.05. The Labute approximate surface area is 376 Å².